The van der Waals surface area contributed by atoms with E-state index in [2.05, 4.69) is 10.2 Å². The molecule has 0 spiro atoms. The van der Waals surface area contributed by atoms with E-state index in [-0.39, 0.29) is 19.4 Å². The first-order valence-electron chi connectivity index (χ1n) is 6.44. The molecular weight excluding hydrogens is 268 g/mol. The molecule has 6 heteroatoms. The van der Waals surface area contributed by atoms with Crippen LogP contribution in [0.15, 0.2) is 12.1 Å². The maximum absolute atomic E-state index is 9.71. The van der Waals surface area contributed by atoms with Crippen LogP contribution in [0.3, 0.4) is 0 Å². The number of aliphatic hydroxyl groups is 1. The third kappa shape index (κ3) is 2.51. The van der Waals surface area contributed by atoms with E-state index < -0.39 is 0 Å². The van der Waals surface area contributed by atoms with Gasteiger partial charge in [-0.2, -0.15) is 0 Å². The van der Waals surface area contributed by atoms with E-state index in [0.29, 0.717) is 16.5 Å². The van der Waals surface area contributed by atoms with Gasteiger partial charge in [0.1, 0.15) is 0 Å². The Hall–Kier alpha value is -1.01. The molecule has 1 aromatic rings. The fourth-order valence-electron chi connectivity index (χ4n) is 2.59. The van der Waals surface area contributed by atoms with E-state index in [0.717, 1.165) is 31.7 Å². The van der Waals surface area contributed by atoms with E-state index in [1.54, 1.807) is 6.07 Å². The first-order chi connectivity index (χ1) is 9.29. The summed E-state index contributed by atoms with van der Waals surface area (Å²) < 4.78 is 10.7. The number of piperazine rings is 1. The molecule has 0 radical (unpaired) electrons. The summed E-state index contributed by atoms with van der Waals surface area (Å²) in [6.07, 6.45) is 0. The Kier molecular flexibility index (Phi) is 3.79. The van der Waals surface area contributed by atoms with Crippen molar-refractivity contribution >= 4 is 11.6 Å². The molecule has 2 aliphatic rings. The van der Waals surface area contributed by atoms with Crippen LogP contribution in [0.4, 0.5) is 0 Å². The number of rotatable bonds is 3. The summed E-state index contributed by atoms with van der Waals surface area (Å²) in [4.78, 5) is 2.24. The number of fused-ring (bicyclic) bond motifs is 1. The van der Waals surface area contributed by atoms with Crippen LogP contribution in [0.1, 0.15) is 11.6 Å². The van der Waals surface area contributed by atoms with Crippen molar-refractivity contribution in [3.8, 4) is 11.5 Å². The van der Waals surface area contributed by atoms with Crippen LogP contribution < -0.4 is 14.8 Å². The Bertz CT molecular complexity index is 463. The second-order valence-corrected chi connectivity index (χ2v) is 5.12. The Balaban J connectivity index is 1.90. The van der Waals surface area contributed by atoms with Crippen LogP contribution >= 0.6 is 11.6 Å². The molecule has 1 atom stereocenters. The molecular formula is C13H17ClN2O3. The summed E-state index contributed by atoms with van der Waals surface area (Å²) in [6, 6.07) is 3.56. The van der Waals surface area contributed by atoms with Crippen LogP contribution in [-0.2, 0) is 0 Å². The summed E-state index contributed by atoms with van der Waals surface area (Å²) in [6.45, 7) is 3.93. The van der Waals surface area contributed by atoms with Gasteiger partial charge in [0.25, 0.3) is 0 Å². The summed E-state index contributed by atoms with van der Waals surface area (Å²) >= 11 is 6.31. The number of halogens is 1. The van der Waals surface area contributed by atoms with Crippen molar-refractivity contribution in [3.05, 3.63) is 22.7 Å². The summed E-state index contributed by atoms with van der Waals surface area (Å²) in [5, 5.41) is 13.6. The zero-order valence-corrected chi connectivity index (χ0v) is 11.3. The molecule has 0 aromatic heterocycles. The molecule has 1 fully saturated rings. The Morgan fingerprint density at radius 2 is 1.95 bits per heavy atom. The van der Waals surface area contributed by atoms with E-state index >= 15 is 0 Å². The SMILES string of the molecule is OC[C@H](c1cc2c(cc1Cl)OCO2)N1CCNCC1. The highest BCUT2D eigenvalue weighted by Gasteiger charge is 2.26. The van der Waals surface area contributed by atoms with Gasteiger partial charge < -0.3 is 19.9 Å². The minimum Gasteiger partial charge on any atom is -0.454 e. The molecule has 0 unspecified atom stereocenters. The van der Waals surface area contributed by atoms with E-state index in [4.69, 9.17) is 21.1 Å². The average molecular weight is 285 g/mol. The molecule has 2 N–H and O–H groups in total. The predicted molar refractivity (Wildman–Crippen MR) is 71.8 cm³/mol. The fraction of sp³-hybridized carbons (Fsp3) is 0.538. The maximum Gasteiger partial charge on any atom is 0.231 e. The van der Waals surface area contributed by atoms with Crippen molar-refractivity contribution in [2.24, 2.45) is 0 Å². The quantitative estimate of drug-likeness (QED) is 0.868. The van der Waals surface area contributed by atoms with E-state index in [1.807, 2.05) is 6.07 Å². The molecule has 0 saturated carbocycles. The molecule has 3 rings (SSSR count). The second kappa shape index (κ2) is 5.54. The smallest absolute Gasteiger partial charge is 0.231 e. The Labute approximate surface area is 117 Å². The van der Waals surface area contributed by atoms with Crippen LogP contribution in [0.5, 0.6) is 11.5 Å². The lowest BCUT2D eigenvalue weighted by molar-refractivity contribution is 0.110. The Morgan fingerprint density at radius 3 is 2.63 bits per heavy atom. The van der Waals surface area contributed by atoms with Crippen molar-refractivity contribution in [1.29, 1.82) is 0 Å². The topological polar surface area (TPSA) is 54.0 Å². The molecule has 0 amide bonds. The van der Waals surface area contributed by atoms with Gasteiger partial charge >= 0.3 is 0 Å². The molecule has 104 valence electrons. The standard InChI is InChI=1S/C13H17ClN2O3/c14-10-6-13-12(18-8-19-13)5-9(10)11(7-17)16-3-1-15-2-4-16/h5-6,11,15,17H,1-4,7-8H2/t11-/m1/s1. The highest BCUT2D eigenvalue weighted by Crippen LogP contribution is 2.40. The minimum absolute atomic E-state index is 0.0410. The molecule has 1 saturated heterocycles. The lowest BCUT2D eigenvalue weighted by atomic mass is 10.0. The molecule has 19 heavy (non-hydrogen) atoms. The summed E-state index contributed by atoms with van der Waals surface area (Å²) in [5.74, 6) is 1.37. The summed E-state index contributed by atoms with van der Waals surface area (Å²) in [5.41, 5.74) is 0.898. The molecule has 1 aromatic carbocycles. The normalized spacial score (nSPS) is 20.5. The van der Waals surface area contributed by atoms with Gasteiger partial charge in [-0.05, 0) is 11.6 Å². The molecule has 2 aliphatic heterocycles. The van der Waals surface area contributed by atoms with Crippen LogP contribution in [0, 0.1) is 0 Å². The van der Waals surface area contributed by atoms with Gasteiger partial charge in [0.15, 0.2) is 11.5 Å². The number of nitrogens with one attached hydrogen (secondary N) is 1. The summed E-state index contributed by atoms with van der Waals surface area (Å²) in [7, 11) is 0. The van der Waals surface area contributed by atoms with Crippen molar-refractivity contribution in [3.63, 3.8) is 0 Å². The van der Waals surface area contributed by atoms with Gasteiger partial charge in [0.05, 0.1) is 12.6 Å². The number of hydrogen-bond donors (Lipinski definition) is 2. The highest BCUT2D eigenvalue weighted by atomic mass is 35.5. The van der Waals surface area contributed by atoms with Crippen molar-refractivity contribution in [1.82, 2.24) is 10.2 Å². The van der Waals surface area contributed by atoms with Gasteiger partial charge in [-0.1, -0.05) is 11.6 Å². The second-order valence-electron chi connectivity index (χ2n) is 4.71. The van der Waals surface area contributed by atoms with Crippen molar-refractivity contribution < 1.29 is 14.6 Å². The van der Waals surface area contributed by atoms with Gasteiger partial charge in [-0.3, -0.25) is 4.90 Å². The number of ether oxygens (including phenoxy) is 2. The van der Waals surface area contributed by atoms with Crippen LogP contribution in [-0.4, -0.2) is 49.6 Å². The predicted octanol–water partition coefficient (Wildman–Crippen LogP) is 1.01. The third-order valence-electron chi connectivity index (χ3n) is 3.62. The van der Waals surface area contributed by atoms with Gasteiger partial charge in [0.2, 0.25) is 6.79 Å². The largest absolute Gasteiger partial charge is 0.454 e. The zero-order chi connectivity index (χ0) is 13.2. The van der Waals surface area contributed by atoms with Gasteiger partial charge in [0, 0.05) is 37.3 Å². The lowest BCUT2D eigenvalue weighted by Crippen LogP contribution is -2.46. The lowest BCUT2D eigenvalue weighted by Gasteiger charge is -2.34. The number of benzene rings is 1. The third-order valence-corrected chi connectivity index (χ3v) is 3.94. The van der Waals surface area contributed by atoms with Crippen LogP contribution in [0.2, 0.25) is 5.02 Å². The van der Waals surface area contributed by atoms with Crippen molar-refractivity contribution in [2.45, 2.75) is 6.04 Å². The zero-order valence-electron chi connectivity index (χ0n) is 10.6. The van der Waals surface area contributed by atoms with E-state index in [1.165, 1.54) is 0 Å². The number of hydrogen-bond acceptors (Lipinski definition) is 5. The first kappa shape index (κ1) is 13.0. The van der Waals surface area contributed by atoms with E-state index in [9.17, 15) is 5.11 Å². The minimum atomic E-state index is -0.0934. The van der Waals surface area contributed by atoms with Gasteiger partial charge in [-0.25, -0.2) is 0 Å². The molecule has 0 aliphatic carbocycles. The number of aliphatic hydroxyl groups excluding tert-OH is 1. The fourth-order valence-corrected chi connectivity index (χ4v) is 2.87. The van der Waals surface area contributed by atoms with Crippen LogP contribution in [0.25, 0.3) is 0 Å². The first-order valence-corrected chi connectivity index (χ1v) is 6.82. The molecule has 0 bridgehead atoms. The molecule has 5 nitrogen and oxygen atoms in total. The monoisotopic (exact) mass is 284 g/mol. The molecule has 2 heterocycles. The number of nitrogens with zero attached hydrogens (tertiary/aromatic N) is 1. The highest BCUT2D eigenvalue weighted by molar-refractivity contribution is 6.31. The van der Waals surface area contributed by atoms with Crippen molar-refractivity contribution in [2.75, 3.05) is 39.6 Å². The van der Waals surface area contributed by atoms with Gasteiger partial charge in [-0.15, -0.1) is 0 Å². The average Bonchev–Trinajstić information content (AvgIpc) is 2.88. The Morgan fingerprint density at radius 1 is 1.26 bits per heavy atom. The maximum atomic E-state index is 9.71.